The molecule has 1 aliphatic carbocycles. The predicted octanol–water partition coefficient (Wildman–Crippen LogP) is 3.36. The number of hydrogen-bond acceptors (Lipinski definition) is 2. The Labute approximate surface area is 103 Å². The van der Waals surface area contributed by atoms with Gasteiger partial charge in [0.15, 0.2) is 0 Å². The molecule has 1 aromatic carbocycles. The smallest absolute Gasteiger partial charge is 0.335 e. The summed E-state index contributed by atoms with van der Waals surface area (Å²) in [7, 11) is 0. The van der Waals surface area contributed by atoms with Gasteiger partial charge < -0.3 is 10.4 Å². The molecule has 2 atom stereocenters. The monoisotopic (exact) mass is 283 g/mol. The van der Waals surface area contributed by atoms with E-state index in [1.165, 1.54) is 12.8 Å². The average molecular weight is 284 g/mol. The third-order valence-electron chi connectivity index (χ3n) is 3.00. The standard InChI is InChI=1S/C12H14BrNO2/c1-2-7-6-11(7)14-10-4-3-8(12(15)16)5-9(10)13/h3-5,7,11,14H,2,6H2,1H3,(H,15,16). The Morgan fingerprint density at radius 1 is 1.62 bits per heavy atom. The third kappa shape index (κ3) is 2.38. The van der Waals surface area contributed by atoms with Crippen LogP contribution >= 0.6 is 15.9 Å². The van der Waals surface area contributed by atoms with Crippen LogP contribution in [-0.4, -0.2) is 17.1 Å². The molecule has 1 aromatic rings. The first-order valence-corrected chi connectivity index (χ1v) is 6.20. The van der Waals surface area contributed by atoms with Crippen LogP contribution in [0.1, 0.15) is 30.1 Å². The van der Waals surface area contributed by atoms with Gasteiger partial charge in [-0.3, -0.25) is 0 Å². The van der Waals surface area contributed by atoms with Crippen LogP contribution in [0.3, 0.4) is 0 Å². The molecule has 0 aromatic heterocycles. The molecule has 0 spiro atoms. The van der Waals surface area contributed by atoms with Crippen molar-refractivity contribution in [2.24, 2.45) is 5.92 Å². The van der Waals surface area contributed by atoms with Crippen LogP contribution in [0.5, 0.6) is 0 Å². The van der Waals surface area contributed by atoms with E-state index in [2.05, 4.69) is 28.2 Å². The zero-order valence-electron chi connectivity index (χ0n) is 9.03. The van der Waals surface area contributed by atoms with Crippen molar-refractivity contribution in [1.82, 2.24) is 0 Å². The van der Waals surface area contributed by atoms with E-state index in [-0.39, 0.29) is 0 Å². The predicted molar refractivity (Wildman–Crippen MR) is 66.9 cm³/mol. The molecule has 4 heteroatoms. The Morgan fingerprint density at radius 2 is 2.38 bits per heavy atom. The highest BCUT2D eigenvalue weighted by atomic mass is 79.9. The summed E-state index contributed by atoms with van der Waals surface area (Å²) in [4.78, 5) is 10.8. The third-order valence-corrected chi connectivity index (χ3v) is 3.66. The number of carboxylic acid groups (broad SMARTS) is 1. The fraction of sp³-hybridized carbons (Fsp3) is 0.417. The zero-order valence-corrected chi connectivity index (χ0v) is 10.6. The SMILES string of the molecule is CCC1CC1Nc1ccc(C(=O)O)cc1Br. The summed E-state index contributed by atoms with van der Waals surface area (Å²) in [6, 6.07) is 5.63. The number of benzene rings is 1. The molecule has 1 fully saturated rings. The fourth-order valence-electron chi connectivity index (χ4n) is 1.84. The molecular formula is C12H14BrNO2. The normalized spacial score (nSPS) is 22.9. The minimum Gasteiger partial charge on any atom is -0.478 e. The van der Waals surface area contributed by atoms with Crippen molar-refractivity contribution in [3.05, 3.63) is 28.2 Å². The number of rotatable bonds is 4. The Bertz CT molecular complexity index is 419. The van der Waals surface area contributed by atoms with Gasteiger partial charge in [0.1, 0.15) is 0 Å². The molecule has 1 aliphatic rings. The van der Waals surface area contributed by atoms with Crippen molar-refractivity contribution < 1.29 is 9.90 Å². The van der Waals surface area contributed by atoms with Crippen molar-refractivity contribution in [2.75, 3.05) is 5.32 Å². The molecule has 0 saturated heterocycles. The van der Waals surface area contributed by atoms with Gasteiger partial charge in [0, 0.05) is 16.2 Å². The molecule has 0 bridgehead atoms. The lowest BCUT2D eigenvalue weighted by Gasteiger charge is -2.08. The first-order chi connectivity index (χ1) is 7.61. The number of halogens is 1. The van der Waals surface area contributed by atoms with Gasteiger partial charge in [0.05, 0.1) is 5.56 Å². The van der Waals surface area contributed by atoms with E-state index in [4.69, 9.17) is 5.11 Å². The van der Waals surface area contributed by atoms with Crippen molar-refractivity contribution >= 4 is 27.6 Å². The first kappa shape index (κ1) is 11.5. The molecule has 2 rings (SSSR count). The van der Waals surface area contributed by atoms with E-state index in [1.54, 1.807) is 12.1 Å². The van der Waals surface area contributed by atoms with Crippen LogP contribution in [-0.2, 0) is 0 Å². The number of carboxylic acids is 1. The molecule has 16 heavy (non-hydrogen) atoms. The Kier molecular flexibility index (Phi) is 3.19. The van der Waals surface area contributed by atoms with Crippen LogP contribution in [0.2, 0.25) is 0 Å². The van der Waals surface area contributed by atoms with Crippen LogP contribution < -0.4 is 5.32 Å². The van der Waals surface area contributed by atoms with Gasteiger partial charge in [-0.25, -0.2) is 4.79 Å². The second-order valence-electron chi connectivity index (χ2n) is 4.15. The molecule has 0 amide bonds. The molecule has 2 N–H and O–H groups in total. The average Bonchev–Trinajstić information content (AvgIpc) is 2.99. The summed E-state index contributed by atoms with van der Waals surface area (Å²) >= 11 is 3.39. The van der Waals surface area contributed by atoms with Crippen molar-refractivity contribution in [3.63, 3.8) is 0 Å². The Balaban J connectivity index is 2.08. The fourth-order valence-corrected chi connectivity index (χ4v) is 2.33. The highest BCUT2D eigenvalue weighted by Crippen LogP contribution is 2.37. The summed E-state index contributed by atoms with van der Waals surface area (Å²) in [6.45, 7) is 2.19. The molecule has 0 heterocycles. The lowest BCUT2D eigenvalue weighted by atomic mass is 10.2. The van der Waals surface area contributed by atoms with Gasteiger partial charge in [-0.15, -0.1) is 0 Å². The molecule has 2 unspecified atom stereocenters. The van der Waals surface area contributed by atoms with Crippen LogP contribution in [0.25, 0.3) is 0 Å². The lowest BCUT2D eigenvalue weighted by molar-refractivity contribution is 0.0697. The van der Waals surface area contributed by atoms with Gasteiger partial charge in [-0.1, -0.05) is 13.3 Å². The van der Waals surface area contributed by atoms with Gasteiger partial charge in [-0.05, 0) is 46.5 Å². The van der Waals surface area contributed by atoms with E-state index in [9.17, 15) is 4.79 Å². The summed E-state index contributed by atoms with van der Waals surface area (Å²) < 4.78 is 0.814. The van der Waals surface area contributed by atoms with E-state index >= 15 is 0 Å². The van der Waals surface area contributed by atoms with Gasteiger partial charge in [-0.2, -0.15) is 0 Å². The minimum atomic E-state index is -0.898. The summed E-state index contributed by atoms with van der Waals surface area (Å²) in [6.07, 6.45) is 2.41. The zero-order chi connectivity index (χ0) is 11.7. The largest absolute Gasteiger partial charge is 0.478 e. The lowest BCUT2D eigenvalue weighted by Crippen LogP contribution is -2.05. The number of hydrogen-bond donors (Lipinski definition) is 2. The van der Waals surface area contributed by atoms with Crippen molar-refractivity contribution in [2.45, 2.75) is 25.8 Å². The molecule has 1 saturated carbocycles. The van der Waals surface area contributed by atoms with Crippen LogP contribution in [0.15, 0.2) is 22.7 Å². The van der Waals surface area contributed by atoms with Crippen LogP contribution in [0.4, 0.5) is 5.69 Å². The van der Waals surface area contributed by atoms with Crippen molar-refractivity contribution in [1.29, 1.82) is 0 Å². The van der Waals surface area contributed by atoms with Crippen LogP contribution in [0, 0.1) is 5.92 Å². The highest BCUT2D eigenvalue weighted by molar-refractivity contribution is 9.10. The van der Waals surface area contributed by atoms with E-state index < -0.39 is 5.97 Å². The van der Waals surface area contributed by atoms with Crippen molar-refractivity contribution in [3.8, 4) is 0 Å². The number of nitrogens with one attached hydrogen (secondary N) is 1. The highest BCUT2D eigenvalue weighted by Gasteiger charge is 2.35. The maximum atomic E-state index is 10.8. The topological polar surface area (TPSA) is 49.3 Å². The summed E-state index contributed by atoms with van der Waals surface area (Å²) in [5.74, 6) is -0.129. The maximum absolute atomic E-state index is 10.8. The summed E-state index contributed by atoms with van der Waals surface area (Å²) in [5.41, 5.74) is 1.28. The Hall–Kier alpha value is -1.03. The second-order valence-corrected chi connectivity index (χ2v) is 5.01. The summed E-state index contributed by atoms with van der Waals surface area (Å²) in [5, 5.41) is 12.2. The first-order valence-electron chi connectivity index (χ1n) is 5.41. The molecule has 0 aliphatic heterocycles. The molecule has 86 valence electrons. The molecule has 3 nitrogen and oxygen atoms in total. The number of anilines is 1. The number of aromatic carboxylic acids is 1. The van der Waals surface area contributed by atoms with E-state index in [0.29, 0.717) is 11.6 Å². The van der Waals surface area contributed by atoms with Gasteiger partial charge in [0.25, 0.3) is 0 Å². The molecule has 0 radical (unpaired) electrons. The second kappa shape index (κ2) is 4.45. The minimum absolute atomic E-state index is 0.306. The Morgan fingerprint density at radius 3 is 2.88 bits per heavy atom. The molecular weight excluding hydrogens is 270 g/mol. The number of carbonyl (C=O) groups is 1. The maximum Gasteiger partial charge on any atom is 0.335 e. The van der Waals surface area contributed by atoms with E-state index in [0.717, 1.165) is 16.1 Å². The van der Waals surface area contributed by atoms with Gasteiger partial charge >= 0.3 is 5.97 Å². The quantitative estimate of drug-likeness (QED) is 0.891. The van der Waals surface area contributed by atoms with E-state index in [1.807, 2.05) is 6.07 Å². The van der Waals surface area contributed by atoms with Gasteiger partial charge in [0.2, 0.25) is 0 Å².